The van der Waals surface area contributed by atoms with Crippen LogP contribution < -0.4 is 21.3 Å². The lowest BCUT2D eigenvalue weighted by molar-refractivity contribution is -0.139. The minimum atomic E-state index is -1.24. The molecule has 0 bridgehead atoms. The number of likely N-dealkylation sites (tertiary alicyclic amines) is 1. The number of primary amides is 1. The van der Waals surface area contributed by atoms with Crippen LogP contribution in [0.4, 0.5) is 17.3 Å². The summed E-state index contributed by atoms with van der Waals surface area (Å²) in [4.78, 5) is 86.9. The maximum absolute atomic E-state index is 13.6. The molecule has 9 rings (SSSR count). The van der Waals surface area contributed by atoms with E-state index in [1.807, 2.05) is 41.1 Å². The Balaban J connectivity index is 0.723. The Bertz CT molecular complexity index is 2350. The molecule has 19 heteroatoms. The molecule has 0 radical (unpaired) electrons. The average Bonchev–Trinajstić information content (AvgIpc) is 3.79. The molecular formula is C48H64N12O7. The molecule has 19 nitrogen and oxygen atoms in total. The Hall–Kier alpha value is -5.57. The van der Waals surface area contributed by atoms with Gasteiger partial charge in [-0.2, -0.15) is 0 Å². The number of aliphatic hydroxyl groups excluding tert-OH is 2. The number of carbonyl (C=O) groups excluding carboxylic acids is 5. The molecule has 3 aromatic rings. The number of fused-ring (bicyclic) bond motifs is 1. The van der Waals surface area contributed by atoms with E-state index in [1.54, 1.807) is 12.3 Å². The van der Waals surface area contributed by atoms with E-state index >= 15 is 0 Å². The number of aliphatic hydroxyl groups is 2. The summed E-state index contributed by atoms with van der Waals surface area (Å²) in [7, 11) is 1.93. The first-order chi connectivity index (χ1) is 32.3. The zero-order valence-corrected chi connectivity index (χ0v) is 38.6. The highest BCUT2D eigenvalue weighted by Gasteiger charge is 2.45. The standard InChI is InChI=1S/C48H64N12O7/c1-48(32-10-12-33(13-11-32)51-43-41(42(49)63)50-28-37(52-43)58-19-5-8-34(29-58)59-27-22-54(2)47(59)67)16-20-57(21-17-48)39(62)30-56-25-23-55(24-26-56)18-4-7-31-6-3-9-35-40(31)46(66)60(45(35)65)36-14-15-38(61)53-44(36)64/h3,6,9-13,28,34,36,46-47,66-67H,4-5,7-8,14-27,29-30H2,1-2H3,(H2,49,63)(H,51,52)(H,53,61,64)/t34-,36?,46?,47?/m1/s1. The third-order valence-corrected chi connectivity index (χ3v) is 15.1. The number of nitrogens with zero attached hydrogens (tertiary/aromatic N) is 9. The summed E-state index contributed by atoms with van der Waals surface area (Å²) in [5.74, 6) is -0.878. The maximum atomic E-state index is 13.6. The normalized spacial score (nSPS) is 25.4. The molecule has 0 saturated carbocycles. The molecular weight excluding hydrogens is 857 g/mol. The molecule has 6 aliphatic rings. The SMILES string of the molecule is CN1CCN([C@@H]2CCCN(c3cnc(C(N)=O)c(Nc4ccc(C5(C)CCN(C(=O)CN6CCN(CCCc7cccc8c7C(O)N(C7CCC(=O)NC7=O)C8=O)CC6)CC5)cc4)n3)C2)C1O. The average molecular weight is 921 g/mol. The predicted molar refractivity (Wildman–Crippen MR) is 249 cm³/mol. The van der Waals surface area contributed by atoms with Crippen LogP contribution in [0.5, 0.6) is 0 Å². The summed E-state index contributed by atoms with van der Waals surface area (Å²) in [6.07, 6.45) is 5.17. The van der Waals surface area contributed by atoms with Gasteiger partial charge < -0.3 is 36.0 Å². The number of amides is 5. The van der Waals surface area contributed by atoms with Gasteiger partial charge in [0.05, 0.1) is 12.7 Å². The van der Waals surface area contributed by atoms with E-state index < -0.39 is 36.3 Å². The van der Waals surface area contributed by atoms with Crippen molar-refractivity contribution in [1.29, 1.82) is 0 Å². The van der Waals surface area contributed by atoms with Gasteiger partial charge in [-0.1, -0.05) is 31.2 Å². The summed E-state index contributed by atoms with van der Waals surface area (Å²) in [6, 6.07) is 12.9. The van der Waals surface area contributed by atoms with E-state index in [9.17, 15) is 34.2 Å². The van der Waals surface area contributed by atoms with Crippen molar-refractivity contribution in [2.45, 2.75) is 88.4 Å². The largest absolute Gasteiger partial charge is 0.369 e. The number of hydrogen-bond donors (Lipinski definition) is 5. The van der Waals surface area contributed by atoms with Gasteiger partial charge in [-0.3, -0.25) is 48.9 Å². The summed E-state index contributed by atoms with van der Waals surface area (Å²) < 4.78 is 0. The van der Waals surface area contributed by atoms with Crippen molar-refractivity contribution in [1.82, 2.24) is 44.7 Å². The first-order valence-electron chi connectivity index (χ1n) is 23.9. The maximum Gasteiger partial charge on any atom is 0.271 e. The predicted octanol–water partition coefficient (Wildman–Crippen LogP) is 1.19. The fourth-order valence-corrected chi connectivity index (χ4v) is 10.9. The number of nitrogens with two attached hydrogens (primary N) is 1. The minimum Gasteiger partial charge on any atom is -0.369 e. The quantitative estimate of drug-likeness (QED) is 0.152. The van der Waals surface area contributed by atoms with Crippen LogP contribution in [0, 0.1) is 0 Å². The number of anilines is 3. The molecule has 6 aliphatic heterocycles. The van der Waals surface area contributed by atoms with Crippen molar-refractivity contribution >= 4 is 46.9 Å². The lowest BCUT2D eigenvalue weighted by atomic mass is 9.74. The van der Waals surface area contributed by atoms with E-state index in [1.165, 1.54) is 10.5 Å². The van der Waals surface area contributed by atoms with Gasteiger partial charge in [0.1, 0.15) is 11.9 Å². The van der Waals surface area contributed by atoms with E-state index in [-0.39, 0.29) is 41.8 Å². The number of benzene rings is 2. The zero-order valence-electron chi connectivity index (χ0n) is 38.6. The fourth-order valence-electron chi connectivity index (χ4n) is 10.9. The van der Waals surface area contributed by atoms with Gasteiger partial charge >= 0.3 is 0 Å². The first-order valence-corrected chi connectivity index (χ1v) is 23.9. The molecule has 67 heavy (non-hydrogen) atoms. The molecule has 5 fully saturated rings. The van der Waals surface area contributed by atoms with Gasteiger partial charge in [-0.15, -0.1) is 0 Å². The van der Waals surface area contributed by atoms with Crippen molar-refractivity contribution in [3.05, 3.63) is 76.6 Å². The number of aryl methyl sites for hydroxylation is 1. The number of aromatic nitrogens is 2. The number of hydrogen-bond acceptors (Lipinski definition) is 15. The van der Waals surface area contributed by atoms with Crippen LogP contribution in [-0.2, 0) is 26.2 Å². The van der Waals surface area contributed by atoms with Gasteiger partial charge in [-0.05, 0) is 93.3 Å². The summed E-state index contributed by atoms with van der Waals surface area (Å²) in [6.45, 7) is 11.2. The Kier molecular flexibility index (Phi) is 13.6. The molecule has 2 aromatic carbocycles. The number of imide groups is 1. The van der Waals surface area contributed by atoms with Gasteiger partial charge in [0, 0.05) is 94.7 Å². The van der Waals surface area contributed by atoms with Gasteiger partial charge in [0.15, 0.2) is 24.1 Å². The van der Waals surface area contributed by atoms with Gasteiger partial charge in [-0.25, -0.2) is 9.97 Å². The highest BCUT2D eigenvalue weighted by atomic mass is 16.3. The molecule has 4 atom stereocenters. The van der Waals surface area contributed by atoms with E-state index in [0.29, 0.717) is 55.4 Å². The molecule has 358 valence electrons. The first kappa shape index (κ1) is 46.5. The summed E-state index contributed by atoms with van der Waals surface area (Å²) in [5.41, 5.74) is 9.47. The Morgan fingerprint density at radius 3 is 2.37 bits per heavy atom. The number of carbonyl (C=O) groups is 5. The molecule has 5 saturated heterocycles. The number of likely N-dealkylation sites (N-methyl/N-ethyl adjacent to an activating group) is 1. The Labute approximate surface area is 391 Å². The molecule has 0 spiro atoms. The topological polar surface area (TPSA) is 224 Å². The Morgan fingerprint density at radius 2 is 1.67 bits per heavy atom. The fraction of sp³-hybridized carbons (Fsp3) is 0.562. The number of piperazine rings is 1. The number of piperidine rings is 3. The van der Waals surface area contributed by atoms with Crippen LogP contribution in [0.3, 0.4) is 0 Å². The van der Waals surface area contributed by atoms with Crippen LogP contribution >= 0.6 is 0 Å². The second-order valence-corrected chi connectivity index (χ2v) is 19.4. The van der Waals surface area contributed by atoms with Crippen LogP contribution in [0.15, 0.2) is 48.7 Å². The van der Waals surface area contributed by atoms with E-state index in [2.05, 4.69) is 54.3 Å². The van der Waals surface area contributed by atoms with Crippen molar-refractivity contribution in [3.63, 3.8) is 0 Å². The van der Waals surface area contributed by atoms with Gasteiger partial charge in [0.25, 0.3) is 11.8 Å². The number of nitrogens with one attached hydrogen (secondary N) is 2. The lowest BCUT2D eigenvalue weighted by Gasteiger charge is -2.41. The molecule has 6 N–H and O–H groups in total. The second-order valence-electron chi connectivity index (χ2n) is 19.4. The van der Waals surface area contributed by atoms with Crippen LogP contribution in [0.1, 0.15) is 95.6 Å². The third kappa shape index (κ3) is 9.75. The third-order valence-electron chi connectivity index (χ3n) is 15.1. The summed E-state index contributed by atoms with van der Waals surface area (Å²) in [5, 5.41) is 27.5. The van der Waals surface area contributed by atoms with Gasteiger partial charge in [0.2, 0.25) is 17.7 Å². The van der Waals surface area contributed by atoms with Crippen LogP contribution in [0.25, 0.3) is 0 Å². The van der Waals surface area contributed by atoms with Crippen molar-refractivity contribution in [2.24, 2.45) is 5.73 Å². The number of rotatable bonds is 13. The van der Waals surface area contributed by atoms with Crippen LogP contribution in [0.2, 0.25) is 0 Å². The monoisotopic (exact) mass is 921 g/mol. The highest BCUT2D eigenvalue weighted by Crippen LogP contribution is 2.39. The smallest absolute Gasteiger partial charge is 0.271 e. The Morgan fingerprint density at radius 1 is 0.925 bits per heavy atom. The molecule has 1 aromatic heterocycles. The summed E-state index contributed by atoms with van der Waals surface area (Å²) >= 11 is 0. The minimum absolute atomic E-state index is 0.0666. The highest BCUT2D eigenvalue weighted by molar-refractivity contribution is 6.06. The van der Waals surface area contributed by atoms with Crippen molar-refractivity contribution in [3.8, 4) is 0 Å². The molecule has 3 unspecified atom stereocenters. The molecule has 0 aliphatic carbocycles. The van der Waals surface area contributed by atoms with Crippen LogP contribution in [-0.4, -0.2) is 183 Å². The molecule has 5 amide bonds. The van der Waals surface area contributed by atoms with E-state index in [0.717, 1.165) is 95.7 Å². The lowest BCUT2D eigenvalue weighted by Crippen LogP contribution is -2.53. The van der Waals surface area contributed by atoms with Crippen molar-refractivity contribution in [2.75, 3.05) is 95.8 Å². The second kappa shape index (κ2) is 19.6. The molecule has 7 heterocycles. The van der Waals surface area contributed by atoms with Crippen molar-refractivity contribution < 1.29 is 34.2 Å². The zero-order chi connectivity index (χ0) is 47.0. The van der Waals surface area contributed by atoms with E-state index in [4.69, 9.17) is 10.7 Å².